The fourth-order valence-corrected chi connectivity index (χ4v) is 1.42. The smallest absolute Gasteiger partial charge is 0.341 e. The van der Waals surface area contributed by atoms with Crippen LogP contribution < -0.4 is 10.2 Å². The van der Waals surface area contributed by atoms with Crippen molar-refractivity contribution in [2.24, 2.45) is 0 Å². The molecule has 8 heteroatoms. The van der Waals surface area contributed by atoms with E-state index in [9.17, 15) is 9.59 Å². The fourth-order valence-electron chi connectivity index (χ4n) is 1.42. The number of nitrogens with one attached hydrogen (secondary N) is 1. The van der Waals surface area contributed by atoms with E-state index in [-0.39, 0.29) is 23.8 Å². The monoisotopic (exact) mass is 268 g/mol. The standard InChI is InChI=1S/C11H16N4O4/c1-15(6-9(16)13-3-4-19-2)10-8(11(17)18)5-12-7-14-10/h5,7H,3-4,6H2,1-2H3,(H,13,16)(H,17,18). The van der Waals surface area contributed by atoms with Gasteiger partial charge < -0.3 is 20.1 Å². The number of ether oxygens (including phenoxy) is 1. The Bertz CT molecular complexity index is 452. The van der Waals surface area contributed by atoms with E-state index in [1.807, 2.05) is 0 Å². The minimum Gasteiger partial charge on any atom is -0.477 e. The van der Waals surface area contributed by atoms with Crippen LogP contribution >= 0.6 is 0 Å². The number of hydrogen-bond donors (Lipinski definition) is 2. The van der Waals surface area contributed by atoms with Crippen molar-refractivity contribution < 1.29 is 19.4 Å². The van der Waals surface area contributed by atoms with E-state index < -0.39 is 5.97 Å². The molecule has 19 heavy (non-hydrogen) atoms. The zero-order valence-corrected chi connectivity index (χ0v) is 10.8. The lowest BCUT2D eigenvalue weighted by Crippen LogP contribution is -2.37. The highest BCUT2D eigenvalue weighted by atomic mass is 16.5. The predicted octanol–water partition coefficient (Wildman–Crippen LogP) is -0.626. The molecule has 0 aliphatic rings. The van der Waals surface area contributed by atoms with Crippen molar-refractivity contribution in [2.75, 3.05) is 38.8 Å². The highest BCUT2D eigenvalue weighted by Gasteiger charge is 2.16. The van der Waals surface area contributed by atoms with Crippen LogP contribution in [0.2, 0.25) is 0 Å². The van der Waals surface area contributed by atoms with Gasteiger partial charge in [-0.05, 0) is 0 Å². The summed E-state index contributed by atoms with van der Waals surface area (Å²) in [6.45, 7) is 0.822. The summed E-state index contributed by atoms with van der Waals surface area (Å²) < 4.78 is 4.81. The molecule has 0 spiro atoms. The van der Waals surface area contributed by atoms with Gasteiger partial charge in [-0.3, -0.25) is 4.79 Å². The summed E-state index contributed by atoms with van der Waals surface area (Å²) in [5.41, 5.74) is -0.0466. The molecule has 1 amide bonds. The summed E-state index contributed by atoms with van der Waals surface area (Å²) in [4.78, 5) is 31.6. The van der Waals surface area contributed by atoms with Gasteiger partial charge in [0.15, 0.2) is 0 Å². The number of rotatable bonds is 7. The van der Waals surface area contributed by atoms with Gasteiger partial charge in [-0.25, -0.2) is 14.8 Å². The van der Waals surface area contributed by atoms with Gasteiger partial charge in [0, 0.05) is 26.9 Å². The summed E-state index contributed by atoms with van der Waals surface area (Å²) in [7, 11) is 3.13. The topological polar surface area (TPSA) is 105 Å². The van der Waals surface area contributed by atoms with E-state index in [4.69, 9.17) is 9.84 Å². The summed E-state index contributed by atoms with van der Waals surface area (Å²) in [5, 5.41) is 11.6. The Morgan fingerprint density at radius 1 is 1.53 bits per heavy atom. The number of likely N-dealkylation sites (N-methyl/N-ethyl adjacent to an activating group) is 1. The van der Waals surface area contributed by atoms with E-state index >= 15 is 0 Å². The first kappa shape index (κ1) is 14.8. The van der Waals surface area contributed by atoms with E-state index in [1.54, 1.807) is 7.05 Å². The molecular formula is C11H16N4O4. The second-order valence-electron chi connectivity index (χ2n) is 3.76. The maximum absolute atomic E-state index is 11.6. The first-order valence-corrected chi connectivity index (χ1v) is 5.56. The zero-order valence-electron chi connectivity index (χ0n) is 10.8. The third kappa shape index (κ3) is 4.51. The van der Waals surface area contributed by atoms with Gasteiger partial charge in [0.25, 0.3) is 0 Å². The maximum Gasteiger partial charge on any atom is 0.341 e. The molecule has 0 saturated carbocycles. The molecule has 0 atom stereocenters. The minimum atomic E-state index is -1.14. The van der Waals surface area contributed by atoms with Crippen molar-refractivity contribution in [1.82, 2.24) is 15.3 Å². The van der Waals surface area contributed by atoms with Crippen LogP contribution in [0.4, 0.5) is 5.82 Å². The molecule has 0 aliphatic carbocycles. The number of carboxylic acids is 1. The third-order valence-electron chi connectivity index (χ3n) is 2.29. The minimum absolute atomic E-state index is 0.001000. The number of anilines is 1. The average Bonchev–Trinajstić information content (AvgIpc) is 2.39. The molecule has 0 fully saturated rings. The van der Waals surface area contributed by atoms with Crippen molar-refractivity contribution in [3.8, 4) is 0 Å². The molecule has 8 nitrogen and oxygen atoms in total. The number of aromatic nitrogens is 2. The molecule has 1 aromatic heterocycles. The lowest BCUT2D eigenvalue weighted by atomic mass is 10.3. The van der Waals surface area contributed by atoms with Crippen LogP contribution in [0.1, 0.15) is 10.4 Å². The van der Waals surface area contributed by atoms with Crippen LogP contribution in [0, 0.1) is 0 Å². The van der Waals surface area contributed by atoms with E-state index in [0.29, 0.717) is 13.2 Å². The Kier molecular flexibility index (Phi) is 5.68. The Balaban J connectivity index is 2.65. The zero-order chi connectivity index (χ0) is 14.3. The molecule has 1 rings (SSSR count). The van der Waals surface area contributed by atoms with E-state index in [0.717, 1.165) is 0 Å². The number of carboxylic acid groups (broad SMARTS) is 1. The molecular weight excluding hydrogens is 252 g/mol. The van der Waals surface area contributed by atoms with Crippen LogP contribution in [0.5, 0.6) is 0 Å². The fraction of sp³-hybridized carbons (Fsp3) is 0.455. The third-order valence-corrected chi connectivity index (χ3v) is 2.29. The van der Waals surface area contributed by atoms with Gasteiger partial charge in [-0.1, -0.05) is 0 Å². The van der Waals surface area contributed by atoms with E-state index in [1.165, 1.54) is 24.5 Å². The normalized spacial score (nSPS) is 10.0. The molecule has 0 aliphatic heterocycles. The highest BCUT2D eigenvalue weighted by molar-refractivity contribution is 5.93. The van der Waals surface area contributed by atoms with E-state index in [2.05, 4.69) is 15.3 Å². The van der Waals surface area contributed by atoms with Crippen LogP contribution in [-0.4, -0.2) is 60.8 Å². The lowest BCUT2D eigenvalue weighted by Gasteiger charge is -2.18. The van der Waals surface area contributed by atoms with Crippen molar-refractivity contribution >= 4 is 17.7 Å². The lowest BCUT2D eigenvalue weighted by molar-refractivity contribution is -0.119. The number of amides is 1. The first-order chi connectivity index (χ1) is 9.06. The molecule has 1 heterocycles. The molecule has 0 saturated heterocycles. The Morgan fingerprint density at radius 2 is 2.26 bits per heavy atom. The SMILES string of the molecule is COCCNC(=O)CN(C)c1ncncc1C(=O)O. The number of nitrogens with zero attached hydrogens (tertiary/aromatic N) is 3. The summed E-state index contributed by atoms with van der Waals surface area (Å²) in [6.07, 6.45) is 2.44. The summed E-state index contributed by atoms with van der Waals surface area (Å²) >= 11 is 0. The van der Waals surface area contributed by atoms with Crippen LogP contribution in [-0.2, 0) is 9.53 Å². The van der Waals surface area contributed by atoms with Crippen molar-refractivity contribution in [1.29, 1.82) is 0 Å². The Hall–Kier alpha value is -2.22. The maximum atomic E-state index is 11.6. The molecule has 0 radical (unpaired) electrons. The van der Waals surface area contributed by atoms with Gasteiger partial charge in [0.05, 0.1) is 13.2 Å². The first-order valence-electron chi connectivity index (χ1n) is 5.56. The molecule has 0 aromatic carbocycles. The van der Waals surface area contributed by atoms with Gasteiger partial charge in [-0.15, -0.1) is 0 Å². The quantitative estimate of drug-likeness (QED) is 0.634. The van der Waals surface area contributed by atoms with Gasteiger partial charge in [-0.2, -0.15) is 0 Å². The van der Waals surface area contributed by atoms with Crippen molar-refractivity contribution in [3.63, 3.8) is 0 Å². The number of carbonyl (C=O) groups is 2. The van der Waals surface area contributed by atoms with Crippen LogP contribution in [0.25, 0.3) is 0 Å². The van der Waals surface area contributed by atoms with Gasteiger partial charge in [0.1, 0.15) is 17.7 Å². The predicted molar refractivity (Wildman–Crippen MR) is 67.1 cm³/mol. The number of carbonyl (C=O) groups excluding carboxylic acids is 1. The second kappa shape index (κ2) is 7.27. The number of methoxy groups -OCH3 is 1. The Morgan fingerprint density at radius 3 is 2.89 bits per heavy atom. The molecule has 1 aromatic rings. The number of aromatic carboxylic acids is 1. The largest absolute Gasteiger partial charge is 0.477 e. The highest BCUT2D eigenvalue weighted by Crippen LogP contribution is 2.13. The number of hydrogen-bond acceptors (Lipinski definition) is 6. The average molecular weight is 268 g/mol. The summed E-state index contributed by atoms with van der Waals surface area (Å²) in [6, 6.07) is 0. The molecule has 2 N–H and O–H groups in total. The van der Waals surface area contributed by atoms with Crippen molar-refractivity contribution in [2.45, 2.75) is 0 Å². The van der Waals surface area contributed by atoms with Crippen molar-refractivity contribution in [3.05, 3.63) is 18.1 Å². The van der Waals surface area contributed by atoms with Gasteiger partial charge >= 0.3 is 5.97 Å². The molecule has 104 valence electrons. The van der Waals surface area contributed by atoms with Crippen LogP contribution in [0.15, 0.2) is 12.5 Å². The summed E-state index contributed by atoms with van der Waals surface area (Å²) in [5.74, 6) is -1.18. The Labute approximate surface area is 110 Å². The molecule has 0 bridgehead atoms. The van der Waals surface area contributed by atoms with Crippen LogP contribution in [0.3, 0.4) is 0 Å². The molecule has 0 unspecified atom stereocenters. The second-order valence-corrected chi connectivity index (χ2v) is 3.76. The van der Waals surface area contributed by atoms with Gasteiger partial charge in [0.2, 0.25) is 5.91 Å².